The van der Waals surface area contributed by atoms with Crippen LogP contribution in [0.5, 0.6) is 0 Å². The van der Waals surface area contributed by atoms with Crippen LogP contribution in [0.4, 0.5) is 5.69 Å². The molecular weight excluding hydrogens is 380 g/mol. The lowest BCUT2D eigenvalue weighted by Crippen LogP contribution is -2.43. The third-order valence-electron chi connectivity index (χ3n) is 3.95. The Morgan fingerprint density at radius 1 is 1.15 bits per heavy atom. The zero-order chi connectivity index (χ0) is 19.9. The molecule has 1 heterocycles. The second-order valence-corrected chi connectivity index (χ2v) is 9.64. The van der Waals surface area contributed by atoms with E-state index in [1.807, 2.05) is 19.1 Å². The smallest absolute Gasteiger partial charge is 0.229 e. The van der Waals surface area contributed by atoms with Crippen LogP contribution in [0.1, 0.15) is 31.2 Å². The Morgan fingerprint density at radius 2 is 1.89 bits per heavy atom. The Morgan fingerprint density at radius 3 is 2.52 bits per heavy atom. The number of para-hydroxylation sites is 1. The number of thiophene rings is 1. The first-order valence-electron chi connectivity index (χ1n) is 8.83. The molecule has 8 heteroatoms. The summed E-state index contributed by atoms with van der Waals surface area (Å²) in [6.45, 7) is 8.26. The van der Waals surface area contributed by atoms with E-state index in [-0.39, 0.29) is 5.41 Å². The Kier molecular flexibility index (Phi) is 7.26. The number of nitrogens with one attached hydrogen (secondary N) is 3. The molecule has 148 valence electrons. The number of nitrogens with zero attached hydrogens (tertiary/aromatic N) is 1. The number of rotatable bonds is 8. The Hall–Kier alpha value is -2.06. The topological polar surface area (TPSA) is 82.6 Å². The number of aliphatic imine (C=N–C) groups is 1. The second-order valence-electron chi connectivity index (χ2n) is 6.94. The van der Waals surface area contributed by atoms with E-state index in [0.717, 1.165) is 24.9 Å². The lowest BCUT2D eigenvalue weighted by atomic mass is 9.91. The molecule has 3 N–H and O–H groups in total. The molecule has 6 nitrogen and oxygen atoms in total. The Bertz CT molecular complexity index is 860. The average molecular weight is 409 g/mol. The summed E-state index contributed by atoms with van der Waals surface area (Å²) in [4.78, 5) is 5.94. The summed E-state index contributed by atoms with van der Waals surface area (Å²) >= 11 is 1.75. The summed E-state index contributed by atoms with van der Waals surface area (Å²) in [5.41, 5.74) is 1.36. The third-order valence-corrected chi connectivity index (χ3v) is 5.78. The van der Waals surface area contributed by atoms with Crippen LogP contribution in [0.2, 0.25) is 0 Å². The number of anilines is 1. The molecule has 0 aliphatic heterocycles. The van der Waals surface area contributed by atoms with Crippen LogP contribution >= 0.6 is 11.3 Å². The largest absolute Gasteiger partial charge is 0.357 e. The fourth-order valence-corrected chi connectivity index (χ4v) is 3.97. The summed E-state index contributed by atoms with van der Waals surface area (Å²) in [6, 6.07) is 11.5. The number of hydrogen-bond donors (Lipinski definition) is 3. The van der Waals surface area contributed by atoms with E-state index in [2.05, 4.69) is 51.7 Å². The zero-order valence-electron chi connectivity index (χ0n) is 16.2. The van der Waals surface area contributed by atoms with Crippen LogP contribution in [0.25, 0.3) is 0 Å². The van der Waals surface area contributed by atoms with Gasteiger partial charge in [0.2, 0.25) is 10.0 Å². The fourth-order valence-electron chi connectivity index (χ4n) is 2.52. The number of benzene rings is 1. The van der Waals surface area contributed by atoms with Crippen LogP contribution in [0, 0.1) is 0 Å². The van der Waals surface area contributed by atoms with Crippen molar-refractivity contribution in [2.45, 2.75) is 32.7 Å². The normalized spacial score (nSPS) is 12.7. The predicted molar refractivity (Wildman–Crippen MR) is 115 cm³/mol. The molecule has 2 rings (SSSR count). The van der Waals surface area contributed by atoms with E-state index < -0.39 is 10.0 Å². The van der Waals surface area contributed by atoms with Gasteiger partial charge in [-0.2, -0.15) is 0 Å². The van der Waals surface area contributed by atoms with Gasteiger partial charge in [-0.05, 0) is 30.0 Å². The van der Waals surface area contributed by atoms with Crippen molar-refractivity contribution in [3.05, 3.63) is 52.2 Å². The lowest BCUT2D eigenvalue weighted by molar-refractivity contribution is 0.518. The fraction of sp³-hybridized carbons (Fsp3) is 0.421. The van der Waals surface area contributed by atoms with Gasteiger partial charge in [-0.3, -0.25) is 4.72 Å². The minimum absolute atomic E-state index is 0.0138. The third kappa shape index (κ3) is 6.88. The highest BCUT2D eigenvalue weighted by atomic mass is 32.2. The van der Waals surface area contributed by atoms with Gasteiger partial charge >= 0.3 is 0 Å². The summed E-state index contributed by atoms with van der Waals surface area (Å²) in [5.74, 6) is 0.705. The van der Waals surface area contributed by atoms with Crippen LogP contribution in [0.3, 0.4) is 0 Å². The number of hydrogen-bond acceptors (Lipinski definition) is 4. The standard InChI is InChI=1S/C19H28N4O2S2/c1-5-20-18(22-14-19(2,3)17-11-8-12-26-17)21-13-15-9-6-7-10-16(15)23-27(4,24)25/h6-12,23H,5,13-14H2,1-4H3,(H2,20,21,22). The van der Waals surface area contributed by atoms with E-state index in [4.69, 9.17) is 0 Å². The van der Waals surface area contributed by atoms with E-state index in [1.54, 1.807) is 23.5 Å². The van der Waals surface area contributed by atoms with Crippen molar-refractivity contribution in [1.82, 2.24) is 10.6 Å². The molecular formula is C19H28N4O2S2. The van der Waals surface area contributed by atoms with Gasteiger partial charge in [-0.1, -0.05) is 38.1 Å². The maximum absolute atomic E-state index is 11.5. The van der Waals surface area contributed by atoms with Crippen molar-refractivity contribution in [2.75, 3.05) is 24.1 Å². The first-order valence-corrected chi connectivity index (χ1v) is 11.6. The highest BCUT2D eigenvalue weighted by Crippen LogP contribution is 2.26. The van der Waals surface area contributed by atoms with Gasteiger partial charge in [0.1, 0.15) is 0 Å². The van der Waals surface area contributed by atoms with Crippen LogP contribution in [-0.4, -0.2) is 33.7 Å². The van der Waals surface area contributed by atoms with Crippen molar-refractivity contribution in [3.8, 4) is 0 Å². The molecule has 0 bridgehead atoms. The zero-order valence-corrected chi connectivity index (χ0v) is 17.9. The lowest BCUT2D eigenvalue weighted by Gasteiger charge is -2.25. The van der Waals surface area contributed by atoms with Gasteiger partial charge in [-0.15, -0.1) is 11.3 Å². The van der Waals surface area contributed by atoms with Crippen LogP contribution in [0.15, 0.2) is 46.8 Å². The summed E-state index contributed by atoms with van der Waals surface area (Å²) in [6.07, 6.45) is 1.14. The SMILES string of the molecule is CCNC(=NCc1ccccc1NS(C)(=O)=O)NCC(C)(C)c1cccs1. The molecule has 0 saturated heterocycles. The molecule has 2 aromatic rings. The van der Waals surface area contributed by atoms with Gasteiger partial charge in [-0.25, -0.2) is 13.4 Å². The maximum Gasteiger partial charge on any atom is 0.229 e. The first-order chi connectivity index (χ1) is 12.7. The quantitative estimate of drug-likeness (QED) is 0.463. The molecule has 27 heavy (non-hydrogen) atoms. The monoisotopic (exact) mass is 408 g/mol. The number of sulfonamides is 1. The molecule has 0 spiro atoms. The predicted octanol–water partition coefficient (Wildman–Crippen LogP) is 3.15. The van der Waals surface area contributed by atoms with Crippen molar-refractivity contribution in [3.63, 3.8) is 0 Å². The Balaban J connectivity index is 2.10. The van der Waals surface area contributed by atoms with Gasteiger partial charge in [0.15, 0.2) is 5.96 Å². The highest BCUT2D eigenvalue weighted by Gasteiger charge is 2.21. The van der Waals surface area contributed by atoms with E-state index in [1.165, 1.54) is 4.88 Å². The molecule has 0 amide bonds. The highest BCUT2D eigenvalue weighted by molar-refractivity contribution is 7.92. The van der Waals surface area contributed by atoms with Gasteiger partial charge in [0.25, 0.3) is 0 Å². The van der Waals surface area contributed by atoms with E-state index in [0.29, 0.717) is 18.2 Å². The molecule has 0 saturated carbocycles. The first kappa shape index (κ1) is 21.2. The van der Waals surface area contributed by atoms with E-state index >= 15 is 0 Å². The molecule has 0 fully saturated rings. The van der Waals surface area contributed by atoms with Gasteiger partial charge in [0.05, 0.1) is 18.5 Å². The molecule has 0 aliphatic carbocycles. The molecule has 1 aromatic heterocycles. The minimum atomic E-state index is -3.33. The summed E-state index contributed by atoms with van der Waals surface area (Å²) in [5, 5.41) is 8.72. The van der Waals surface area contributed by atoms with E-state index in [9.17, 15) is 8.42 Å². The van der Waals surface area contributed by atoms with Crippen molar-refractivity contribution in [2.24, 2.45) is 4.99 Å². The van der Waals surface area contributed by atoms with Crippen molar-refractivity contribution >= 4 is 33.0 Å². The van der Waals surface area contributed by atoms with Crippen LogP contribution in [-0.2, 0) is 22.0 Å². The van der Waals surface area contributed by atoms with Crippen molar-refractivity contribution in [1.29, 1.82) is 0 Å². The minimum Gasteiger partial charge on any atom is -0.357 e. The molecule has 1 aromatic carbocycles. The molecule has 0 atom stereocenters. The van der Waals surface area contributed by atoms with Gasteiger partial charge < -0.3 is 10.6 Å². The number of guanidine groups is 1. The average Bonchev–Trinajstić information content (AvgIpc) is 3.13. The summed E-state index contributed by atoms with van der Waals surface area (Å²) < 4.78 is 25.6. The summed E-state index contributed by atoms with van der Waals surface area (Å²) in [7, 11) is -3.33. The Labute approximate surface area is 166 Å². The molecule has 0 unspecified atom stereocenters. The van der Waals surface area contributed by atoms with Gasteiger partial charge in [0, 0.05) is 23.4 Å². The molecule has 0 radical (unpaired) electrons. The second kappa shape index (κ2) is 9.23. The maximum atomic E-state index is 11.5. The van der Waals surface area contributed by atoms with Crippen LogP contribution < -0.4 is 15.4 Å². The molecule has 0 aliphatic rings. The van der Waals surface area contributed by atoms with Crippen molar-refractivity contribution < 1.29 is 8.42 Å².